The molecule has 0 saturated carbocycles. The van der Waals surface area contributed by atoms with E-state index in [1.807, 2.05) is 31.2 Å². The Hall–Kier alpha value is -3.39. The van der Waals surface area contributed by atoms with Gasteiger partial charge >= 0.3 is 0 Å². The van der Waals surface area contributed by atoms with Crippen molar-refractivity contribution in [3.63, 3.8) is 0 Å². The lowest BCUT2D eigenvalue weighted by Gasteiger charge is -2.13. The molecule has 0 saturated heterocycles. The zero-order chi connectivity index (χ0) is 22.5. The largest absolute Gasteiger partial charge is 0.467 e. The van der Waals surface area contributed by atoms with Gasteiger partial charge in [-0.25, -0.2) is 4.39 Å². The van der Waals surface area contributed by atoms with Gasteiger partial charge in [0.25, 0.3) is 0 Å². The van der Waals surface area contributed by atoms with E-state index in [1.54, 1.807) is 35.1 Å². The predicted molar refractivity (Wildman–Crippen MR) is 123 cm³/mol. The molecule has 0 fully saturated rings. The number of anilines is 1. The van der Waals surface area contributed by atoms with Crippen LogP contribution in [0.5, 0.6) is 0 Å². The van der Waals surface area contributed by atoms with Crippen LogP contribution in [-0.2, 0) is 17.8 Å². The average molecular weight is 451 g/mol. The van der Waals surface area contributed by atoms with E-state index in [2.05, 4.69) is 22.4 Å². The number of aromatic nitrogens is 3. The number of nitrogens with one attached hydrogen (secondary N) is 1. The van der Waals surface area contributed by atoms with Gasteiger partial charge in [0, 0.05) is 5.69 Å². The van der Waals surface area contributed by atoms with Crippen LogP contribution in [0.1, 0.15) is 23.8 Å². The van der Waals surface area contributed by atoms with E-state index in [0.29, 0.717) is 28.8 Å². The zero-order valence-electron chi connectivity index (χ0n) is 17.8. The maximum atomic E-state index is 14.4. The third-order valence-corrected chi connectivity index (χ3v) is 6.03. The Bertz CT molecular complexity index is 1220. The normalized spacial score (nSPS) is 11.0. The first-order chi connectivity index (χ1) is 15.6. The summed E-state index contributed by atoms with van der Waals surface area (Å²) >= 11 is 1.25. The minimum Gasteiger partial charge on any atom is -0.467 e. The molecule has 32 heavy (non-hydrogen) atoms. The molecule has 2 aromatic heterocycles. The lowest BCUT2D eigenvalue weighted by atomic mass is 10.1. The number of aryl methyl sites for hydroxylation is 2. The third-order valence-electron chi connectivity index (χ3n) is 5.06. The third kappa shape index (κ3) is 4.75. The first-order valence-electron chi connectivity index (χ1n) is 10.3. The highest BCUT2D eigenvalue weighted by atomic mass is 32.2. The van der Waals surface area contributed by atoms with Crippen molar-refractivity contribution in [1.82, 2.24) is 14.8 Å². The maximum Gasteiger partial charge on any atom is 0.234 e. The van der Waals surface area contributed by atoms with E-state index in [-0.39, 0.29) is 17.5 Å². The van der Waals surface area contributed by atoms with Crippen molar-refractivity contribution < 1.29 is 13.6 Å². The summed E-state index contributed by atoms with van der Waals surface area (Å²) in [7, 11) is 0. The zero-order valence-corrected chi connectivity index (χ0v) is 18.7. The number of furan rings is 1. The Labute approximate surface area is 189 Å². The Balaban J connectivity index is 1.56. The van der Waals surface area contributed by atoms with E-state index in [0.717, 1.165) is 23.2 Å². The fraction of sp³-hybridized carbons (Fsp3) is 0.208. The van der Waals surface area contributed by atoms with Crippen molar-refractivity contribution in [2.24, 2.45) is 0 Å². The molecule has 1 amide bonds. The van der Waals surface area contributed by atoms with Crippen molar-refractivity contribution in [3.8, 4) is 11.4 Å². The molecule has 0 unspecified atom stereocenters. The number of para-hydroxylation sites is 1. The summed E-state index contributed by atoms with van der Waals surface area (Å²) < 4.78 is 21.7. The molecule has 0 atom stereocenters. The van der Waals surface area contributed by atoms with E-state index < -0.39 is 0 Å². The maximum absolute atomic E-state index is 14.4. The highest BCUT2D eigenvalue weighted by molar-refractivity contribution is 7.99. The van der Waals surface area contributed by atoms with Gasteiger partial charge in [-0.05, 0) is 48.7 Å². The molecular weight excluding hydrogens is 427 g/mol. The minimum atomic E-state index is -0.387. The molecule has 0 aliphatic rings. The molecule has 4 rings (SSSR count). The molecule has 4 aromatic rings. The SMILES string of the molecule is CCc1cccc(C)c1NC(=O)CSc1nnc(-c2ccccc2F)n1Cc1ccco1. The Morgan fingerprint density at radius 3 is 2.72 bits per heavy atom. The quantitative estimate of drug-likeness (QED) is 0.368. The summed E-state index contributed by atoms with van der Waals surface area (Å²) in [5, 5.41) is 12.0. The number of hydrogen-bond acceptors (Lipinski definition) is 5. The number of carbonyl (C=O) groups excluding carboxylic acids is 1. The average Bonchev–Trinajstić information content (AvgIpc) is 3.44. The summed E-state index contributed by atoms with van der Waals surface area (Å²) in [6.07, 6.45) is 2.41. The second-order valence-corrected chi connectivity index (χ2v) is 8.19. The van der Waals surface area contributed by atoms with E-state index in [1.165, 1.54) is 17.8 Å². The summed E-state index contributed by atoms with van der Waals surface area (Å²) in [4.78, 5) is 12.7. The summed E-state index contributed by atoms with van der Waals surface area (Å²) in [6, 6.07) is 16.0. The monoisotopic (exact) mass is 450 g/mol. The molecule has 2 heterocycles. The molecule has 0 radical (unpaired) electrons. The van der Waals surface area contributed by atoms with Crippen LogP contribution in [0.4, 0.5) is 10.1 Å². The fourth-order valence-corrected chi connectivity index (χ4v) is 4.18. The minimum absolute atomic E-state index is 0.140. The van der Waals surface area contributed by atoms with Crippen LogP contribution in [0.25, 0.3) is 11.4 Å². The summed E-state index contributed by atoms with van der Waals surface area (Å²) in [5.74, 6) is 0.682. The molecule has 0 bridgehead atoms. The van der Waals surface area contributed by atoms with Gasteiger partial charge in [0.2, 0.25) is 5.91 Å². The van der Waals surface area contributed by atoms with Gasteiger partial charge < -0.3 is 9.73 Å². The van der Waals surface area contributed by atoms with Crippen LogP contribution in [0.15, 0.2) is 70.4 Å². The van der Waals surface area contributed by atoms with Gasteiger partial charge in [-0.1, -0.05) is 49.0 Å². The fourth-order valence-electron chi connectivity index (χ4n) is 3.45. The summed E-state index contributed by atoms with van der Waals surface area (Å²) in [6.45, 7) is 4.36. The second-order valence-electron chi connectivity index (χ2n) is 7.25. The van der Waals surface area contributed by atoms with Gasteiger partial charge in [-0.3, -0.25) is 9.36 Å². The molecule has 0 spiro atoms. The highest BCUT2D eigenvalue weighted by Gasteiger charge is 2.19. The van der Waals surface area contributed by atoms with Crippen LogP contribution in [0.3, 0.4) is 0 Å². The lowest BCUT2D eigenvalue weighted by molar-refractivity contribution is -0.113. The van der Waals surface area contributed by atoms with Gasteiger partial charge in [0.15, 0.2) is 11.0 Å². The Kier molecular flexibility index (Phi) is 6.70. The molecule has 2 aromatic carbocycles. The number of rotatable bonds is 8. The molecule has 8 heteroatoms. The van der Waals surface area contributed by atoms with Crippen molar-refractivity contribution in [2.75, 3.05) is 11.1 Å². The van der Waals surface area contributed by atoms with E-state index in [4.69, 9.17) is 4.42 Å². The standard InChI is InChI=1S/C24H23FN4O2S/c1-3-17-9-6-8-16(2)22(17)26-21(30)15-32-24-28-27-23(19-11-4-5-12-20(19)25)29(24)14-18-10-7-13-31-18/h4-13H,3,14-15H2,1-2H3,(H,26,30). The smallest absolute Gasteiger partial charge is 0.234 e. The van der Waals surface area contributed by atoms with Gasteiger partial charge in [-0.15, -0.1) is 10.2 Å². The number of halogens is 1. The first kappa shape index (κ1) is 21.8. The van der Waals surface area contributed by atoms with E-state index >= 15 is 0 Å². The van der Waals surface area contributed by atoms with Crippen molar-refractivity contribution >= 4 is 23.4 Å². The number of thioether (sulfide) groups is 1. The Morgan fingerprint density at radius 1 is 1.12 bits per heavy atom. The number of carbonyl (C=O) groups is 1. The molecular formula is C24H23FN4O2S. The molecule has 6 nitrogen and oxygen atoms in total. The van der Waals surface area contributed by atoms with Crippen LogP contribution >= 0.6 is 11.8 Å². The molecule has 164 valence electrons. The first-order valence-corrected chi connectivity index (χ1v) is 11.3. The predicted octanol–water partition coefficient (Wildman–Crippen LogP) is 5.33. The topological polar surface area (TPSA) is 73.0 Å². The molecule has 1 N–H and O–H groups in total. The number of amides is 1. The van der Waals surface area contributed by atoms with Gasteiger partial charge in [0.05, 0.1) is 24.1 Å². The second kappa shape index (κ2) is 9.82. The van der Waals surface area contributed by atoms with Crippen molar-refractivity contribution in [1.29, 1.82) is 0 Å². The van der Waals surface area contributed by atoms with Crippen molar-refractivity contribution in [2.45, 2.75) is 32.0 Å². The lowest BCUT2D eigenvalue weighted by Crippen LogP contribution is -2.17. The van der Waals surface area contributed by atoms with Crippen LogP contribution in [0.2, 0.25) is 0 Å². The molecule has 0 aliphatic heterocycles. The van der Waals surface area contributed by atoms with Gasteiger partial charge in [0.1, 0.15) is 11.6 Å². The van der Waals surface area contributed by atoms with Crippen LogP contribution in [0, 0.1) is 12.7 Å². The number of benzene rings is 2. The van der Waals surface area contributed by atoms with Gasteiger partial charge in [-0.2, -0.15) is 0 Å². The Morgan fingerprint density at radius 2 is 1.97 bits per heavy atom. The summed E-state index contributed by atoms with van der Waals surface area (Å²) in [5.41, 5.74) is 3.30. The van der Waals surface area contributed by atoms with Crippen molar-refractivity contribution in [3.05, 3.63) is 83.6 Å². The highest BCUT2D eigenvalue weighted by Crippen LogP contribution is 2.28. The van der Waals surface area contributed by atoms with Crippen LogP contribution < -0.4 is 5.32 Å². The number of nitrogens with zero attached hydrogens (tertiary/aromatic N) is 3. The molecule has 0 aliphatic carbocycles. The van der Waals surface area contributed by atoms with E-state index in [9.17, 15) is 9.18 Å². The van der Waals surface area contributed by atoms with Crippen LogP contribution in [-0.4, -0.2) is 26.4 Å². The number of hydrogen-bond donors (Lipinski definition) is 1.